The first-order valence-corrected chi connectivity index (χ1v) is 40.5. The van der Waals surface area contributed by atoms with E-state index in [0.717, 1.165) is 11.1 Å². The Bertz CT molecular complexity index is 4350. The number of carbonyl (C=O) groups is 11. The van der Waals surface area contributed by atoms with Crippen LogP contribution in [0.3, 0.4) is 0 Å². The molecule has 2 saturated heterocycles. The molecule has 34 heteroatoms. The summed E-state index contributed by atoms with van der Waals surface area (Å²) in [7, 11) is 0. The number of rotatable bonds is 22. The number of hydrogen-bond donors (Lipinski definition) is 11. The molecule has 118 heavy (non-hydrogen) atoms. The van der Waals surface area contributed by atoms with Crippen LogP contribution in [-0.2, 0) is 80.6 Å². The Morgan fingerprint density at radius 2 is 1.05 bits per heavy atom. The zero-order chi connectivity index (χ0) is 85.8. The van der Waals surface area contributed by atoms with Crippen molar-refractivity contribution in [2.24, 2.45) is 15.9 Å². The van der Waals surface area contributed by atoms with Crippen LogP contribution in [-0.4, -0.2) is 224 Å². The maximum Gasteiger partial charge on any atom is 0.290 e. The molecule has 1 aromatic heterocycles. The molecule has 8 bridgehead atoms. The summed E-state index contributed by atoms with van der Waals surface area (Å²) in [6.07, 6.45) is 0.00679. The molecule has 10 rings (SSSR count). The maximum atomic E-state index is 14.4. The molecule has 0 radical (unpaired) electrons. The molecule has 5 aliphatic heterocycles. The minimum Gasteiger partial charge on any atom is -0.493 e. The van der Waals surface area contributed by atoms with Crippen LogP contribution in [0, 0.1) is 10.8 Å². The quantitative estimate of drug-likeness (QED) is 0.0440. The number of Topliss-reactive ketones (excluding diaryl/α,β-unsaturated/α-hetero) is 1. The number of aliphatic hydroxyl groups excluding tert-OH is 1. The molecule has 11 N–H and O–H groups in total. The fourth-order valence-electron chi connectivity index (χ4n) is 14.4. The first-order chi connectivity index (χ1) is 55.9. The topological polar surface area (TPSA) is 431 Å². The van der Waals surface area contributed by atoms with Gasteiger partial charge in [-0.3, -0.25) is 57.7 Å². The largest absolute Gasteiger partial charge is 0.493 e. The number of aromatic nitrogens is 4. The summed E-state index contributed by atoms with van der Waals surface area (Å²) in [5, 5.41) is 51.7. The number of ketones is 1. The van der Waals surface area contributed by atoms with E-state index in [-0.39, 0.29) is 63.4 Å². The predicted molar refractivity (Wildman–Crippen MR) is 436 cm³/mol. The van der Waals surface area contributed by atoms with Crippen LogP contribution < -0.4 is 63.1 Å². The van der Waals surface area contributed by atoms with Gasteiger partial charge in [-0.2, -0.15) is 0 Å². The summed E-state index contributed by atoms with van der Waals surface area (Å²) < 4.78 is 25.7. The van der Waals surface area contributed by atoms with E-state index in [9.17, 15) is 57.8 Å². The highest BCUT2D eigenvalue weighted by atomic mass is 16.5. The molecule has 4 aromatic carbocycles. The molecule has 5 aliphatic rings. The van der Waals surface area contributed by atoms with E-state index in [4.69, 9.17) is 18.9 Å². The molecule has 0 aliphatic carbocycles. The van der Waals surface area contributed by atoms with Crippen molar-refractivity contribution in [1.82, 2.24) is 88.6 Å². The number of nitrogens with zero attached hydrogens (tertiary/aromatic N) is 8. The monoisotopic (exact) mass is 1630 g/mol. The van der Waals surface area contributed by atoms with Crippen molar-refractivity contribution in [2.45, 2.75) is 239 Å². The Hall–Kier alpha value is -11.0. The molecule has 34 nitrogen and oxygen atoms in total. The summed E-state index contributed by atoms with van der Waals surface area (Å²) >= 11 is 0. The van der Waals surface area contributed by atoms with Gasteiger partial charge in [0.2, 0.25) is 53.0 Å². The Kier molecular flexibility index (Phi) is 31.5. The lowest BCUT2D eigenvalue weighted by atomic mass is 9.85. The molecule has 11 atom stereocenters. The van der Waals surface area contributed by atoms with Gasteiger partial charge in [0, 0.05) is 38.8 Å². The van der Waals surface area contributed by atoms with Gasteiger partial charge in [-0.05, 0) is 122 Å². The maximum absolute atomic E-state index is 14.4. The number of tetrazole rings is 1. The number of amides is 10. The number of benzene rings is 4. The number of fused-ring (bicyclic) bond motifs is 8. The van der Waals surface area contributed by atoms with Crippen molar-refractivity contribution in [3.8, 4) is 11.5 Å². The molecule has 0 spiro atoms. The second-order valence-corrected chi connectivity index (χ2v) is 34.4. The van der Waals surface area contributed by atoms with Gasteiger partial charge in [-0.25, -0.2) is 10.2 Å². The number of hydrogen-bond acceptors (Lipinski definition) is 23. The van der Waals surface area contributed by atoms with Crippen LogP contribution in [0.4, 0.5) is 0 Å². The number of hydrazine groups is 2. The van der Waals surface area contributed by atoms with Crippen LogP contribution in [0.15, 0.2) is 114 Å². The normalized spacial score (nSPS) is 21.0. The van der Waals surface area contributed by atoms with Gasteiger partial charge in [0.1, 0.15) is 47.8 Å². The number of carbonyl (C=O) groups excluding carboxylic acids is 11. The van der Waals surface area contributed by atoms with Crippen molar-refractivity contribution in [3.05, 3.63) is 137 Å². The van der Waals surface area contributed by atoms with E-state index in [1.807, 2.05) is 181 Å². The van der Waals surface area contributed by atoms with Crippen molar-refractivity contribution in [3.63, 3.8) is 0 Å². The minimum atomic E-state index is -1.72. The third kappa shape index (κ3) is 25.0. The van der Waals surface area contributed by atoms with Gasteiger partial charge in [-0.1, -0.05) is 153 Å². The van der Waals surface area contributed by atoms with E-state index in [1.165, 1.54) is 9.80 Å². The van der Waals surface area contributed by atoms with Crippen molar-refractivity contribution < 1.29 is 76.8 Å². The first kappa shape index (κ1) is 90.9. The fraction of sp³-hybridized carbons (Fsp3) is 0.560. The van der Waals surface area contributed by atoms with Crippen LogP contribution in [0.25, 0.3) is 0 Å². The van der Waals surface area contributed by atoms with E-state index < -0.39 is 155 Å². The lowest BCUT2D eigenvalue weighted by molar-refractivity contribution is -0.145. The van der Waals surface area contributed by atoms with Crippen LogP contribution >= 0.6 is 0 Å². The van der Waals surface area contributed by atoms with Crippen molar-refractivity contribution in [2.75, 3.05) is 52.6 Å². The van der Waals surface area contributed by atoms with Gasteiger partial charge in [-0.15, -0.1) is 15.7 Å². The fourth-order valence-corrected chi connectivity index (χ4v) is 14.4. The Morgan fingerprint density at radius 1 is 0.568 bits per heavy atom. The first-order valence-electron chi connectivity index (χ1n) is 40.5. The molecule has 640 valence electrons. The molecule has 2 fully saturated rings. The van der Waals surface area contributed by atoms with Gasteiger partial charge in [0.25, 0.3) is 11.8 Å². The third-order valence-corrected chi connectivity index (χ3v) is 20.5. The summed E-state index contributed by atoms with van der Waals surface area (Å²) in [6.45, 7) is 26.9. The third-order valence-electron chi connectivity index (χ3n) is 20.5. The minimum absolute atomic E-state index is 0.0163. The summed E-state index contributed by atoms with van der Waals surface area (Å²) in [5.41, 5.74) is 6.26. The Balaban J connectivity index is 0.000000269. The van der Waals surface area contributed by atoms with Crippen LogP contribution in [0.5, 0.6) is 11.5 Å². The van der Waals surface area contributed by atoms with Gasteiger partial charge >= 0.3 is 0 Å². The highest BCUT2D eigenvalue weighted by Crippen LogP contribution is 2.32. The Labute approximate surface area is 689 Å². The number of nitrogens with one attached hydrogen (secondary N) is 10. The molecular formula is C84H118N18O16. The molecule has 10 amide bonds. The van der Waals surface area contributed by atoms with Crippen LogP contribution in [0.2, 0.25) is 0 Å². The van der Waals surface area contributed by atoms with Crippen molar-refractivity contribution in [1.29, 1.82) is 0 Å². The number of hydrazone groups is 1. The average molecular weight is 1640 g/mol. The molecular weight excluding hydrogens is 1520 g/mol. The SMILES string of the molecule is CCCC(NC(=O)[C@@H]1C[C@@H]2CN1C(=O)[C@H](C(C)(C)C)NC(=O)Cc1cccc(c1)OCCCO2)C(=O)C(=O)NCC(=O)NC(c1ccccc1)c1nnnn1C(C)(C)C.CCCC(NC(=O)[C@@H]1C[C@@H]2CN1C(=O)[C@H](C(C)(C)C)NC(=O)Cc1cccc(c1)OCCCO2)C(O)C(=O)NCC(=O)NC(C1=NNNN1C(C)(C)C)c1ccccc1. The molecule has 5 aromatic rings. The smallest absolute Gasteiger partial charge is 0.290 e. The summed E-state index contributed by atoms with van der Waals surface area (Å²) in [5.74, 6) is -4.70. The number of ether oxygens (including phenoxy) is 4. The highest BCUT2D eigenvalue weighted by molar-refractivity contribution is 6.38. The highest BCUT2D eigenvalue weighted by Gasteiger charge is 2.49. The number of aliphatic hydroxyl groups is 1. The summed E-state index contributed by atoms with van der Waals surface area (Å²) in [4.78, 5) is 153. The van der Waals surface area contributed by atoms with Gasteiger partial charge in [0.05, 0.1) is 87.7 Å². The molecule has 5 unspecified atom stereocenters. The van der Waals surface area contributed by atoms with E-state index in [1.54, 1.807) is 34.8 Å². The Morgan fingerprint density at radius 3 is 1.53 bits per heavy atom. The van der Waals surface area contributed by atoms with E-state index in [2.05, 4.69) is 74.2 Å². The molecule has 0 saturated carbocycles. The zero-order valence-electron chi connectivity index (χ0n) is 70.1. The van der Waals surface area contributed by atoms with Gasteiger partial charge in [0.15, 0.2) is 17.8 Å². The lowest BCUT2D eigenvalue weighted by Gasteiger charge is -2.36. The van der Waals surface area contributed by atoms with E-state index >= 15 is 0 Å². The van der Waals surface area contributed by atoms with Gasteiger partial charge < -0.3 is 76.4 Å². The zero-order valence-corrected chi connectivity index (χ0v) is 70.1. The predicted octanol–water partition coefficient (Wildman–Crippen LogP) is 3.73. The van der Waals surface area contributed by atoms with E-state index in [0.29, 0.717) is 86.4 Å². The van der Waals surface area contributed by atoms with Crippen LogP contribution in [0.1, 0.15) is 188 Å². The van der Waals surface area contributed by atoms with Crippen molar-refractivity contribution >= 4 is 70.7 Å². The standard InChI is InChI=1S/C42H61N9O8.C42H57N9O8/c2*1-8-14-30(35(54)39(56)43-24-33(53)45-34(27-16-10-9-11-17-27)37-47-48-49-51(37)42(5,6)7)44-38(55)31-23-29-25-50(31)40(57)36(41(2,3)4)46-32(52)22-26-15-12-18-28(21-26)58-19-13-20-59-29/h9-12,15-18,21,29-31,34-36,48-49,54H,8,13-14,19-20,22-25H2,1-7H3,(H,43,56)(H,44,55)(H,45,53)(H,46,52);9-12,15-18,21,29-31,34,36H,8,13-14,19-20,22-25H2,1-7H3,(H,43,56)(H,44,55)(H,45,53)(H,46,52)/t29-,30?,31+,34?,35?,36-;29-,30?,31+,34?,36-/m11/s1. The lowest BCUT2D eigenvalue weighted by Crippen LogP contribution is -2.59. The molecule has 6 heterocycles. The summed E-state index contributed by atoms with van der Waals surface area (Å²) in [6, 6.07) is 25.0. The second-order valence-electron chi connectivity index (χ2n) is 34.4. The second kappa shape index (κ2) is 40.9. The average Bonchev–Trinajstić information content (AvgIpc) is 1.65. The number of amidine groups is 1.